The Morgan fingerprint density at radius 3 is 2.97 bits per heavy atom. The summed E-state index contributed by atoms with van der Waals surface area (Å²) in [5.74, 6) is -1.37. The van der Waals surface area contributed by atoms with E-state index in [1.54, 1.807) is 0 Å². The number of rotatable bonds is 3. The molecule has 2 aromatic rings. The van der Waals surface area contributed by atoms with Gasteiger partial charge in [-0.1, -0.05) is 11.8 Å². The van der Waals surface area contributed by atoms with E-state index >= 15 is 0 Å². The molecule has 3 N–H and O–H groups in total. The molecule has 3 heterocycles. The van der Waals surface area contributed by atoms with Gasteiger partial charge in [0.15, 0.2) is 5.17 Å². The predicted molar refractivity (Wildman–Crippen MR) is 108 cm³/mol. The van der Waals surface area contributed by atoms with E-state index in [9.17, 15) is 13.6 Å². The number of hydrogen-bond donors (Lipinski definition) is 2. The summed E-state index contributed by atoms with van der Waals surface area (Å²) < 4.78 is 34.9. The number of thioether (sulfide) groups is 1. The zero-order valence-corrected chi connectivity index (χ0v) is 16.5. The number of alkyl halides is 1. The molecule has 1 aromatic heterocycles. The summed E-state index contributed by atoms with van der Waals surface area (Å²) in [6, 6.07) is 8.83. The average molecular weight is 429 g/mol. The highest BCUT2D eigenvalue weighted by molar-refractivity contribution is 8.13. The molecule has 1 fully saturated rings. The normalized spacial score (nSPS) is 25.6. The summed E-state index contributed by atoms with van der Waals surface area (Å²) in [5.41, 5.74) is 5.42. The summed E-state index contributed by atoms with van der Waals surface area (Å²) in [5, 5.41) is 11.7. The quantitative estimate of drug-likeness (QED) is 0.775. The van der Waals surface area contributed by atoms with Gasteiger partial charge in [0.05, 0.1) is 18.8 Å². The van der Waals surface area contributed by atoms with Gasteiger partial charge < -0.3 is 15.8 Å². The van der Waals surface area contributed by atoms with Crippen molar-refractivity contribution in [3.63, 3.8) is 0 Å². The average Bonchev–Trinajstić information content (AvgIpc) is 2.75. The van der Waals surface area contributed by atoms with E-state index in [0.717, 1.165) is 0 Å². The van der Waals surface area contributed by atoms with E-state index in [4.69, 9.17) is 15.7 Å². The number of anilines is 1. The van der Waals surface area contributed by atoms with Crippen molar-refractivity contribution in [1.82, 2.24) is 4.98 Å². The Balaban J connectivity index is 1.68. The topological polar surface area (TPSA) is 113 Å². The number of halogens is 2. The number of aliphatic imine (C=N–C) groups is 1. The largest absolute Gasteiger partial charge is 0.379 e. The fraction of sp³-hybridized carbons (Fsp3) is 0.300. The van der Waals surface area contributed by atoms with Crippen molar-refractivity contribution in [2.24, 2.45) is 16.6 Å². The third-order valence-electron chi connectivity index (χ3n) is 5.19. The Morgan fingerprint density at radius 2 is 2.23 bits per heavy atom. The number of hydrogen-bond acceptors (Lipinski definition) is 7. The fourth-order valence-corrected chi connectivity index (χ4v) is 4.74. The van der Waals surface area contributed by atoms with Crippen LogP contribution < -0.4 is 11.1 Å². The van der Waals surface area contributed by atoms with Crippen LogP contribution in [0.3, 0.4) is 0 Å². The minimum Gasteiger partial charge on any atom is -0.379 e. The molecule has 154 valence electrons. The molecule has 2 unspecified atom stereocenters. The van der Waals surface area contributed by atoms with Crippen molar-refractivity contribution in [1.29, 1.82) is 5.26 Å². The Kier molecular flexibility index (Phi) is 5.40. The Morgan fingerprint density at radius 1 is 1.40 bits per heavy atom. The minimum atomic E-state index is -1.32. The molecule has 0 radical (unpaired) electrons. The Labute approximate surface area is 175 Å². The van der Waals surface area contributed by atoms with Crippen LogP contribution in [0.1, 0.15) is 21.6 Å². The van der Waals surface area contributed by atoms with Gasteiger partial charge >= 0.3 is 0 Å². The van der Waals surface area contributed by atoms with Crippen LogP contribution in [-0.2, 0) is 10.3 Å². The number of fused-ring (bicyclic) bond motifs is 1. The molecule has 0 bridgehead atoms. The molecule has 3 atom stereocenters. The molecule has 1 saturated heterocycles. The minimum absolute atomic E-state index is 0.00908. The van der Waals surface area contributed by atoms with Crippen molar-refractivity contribution < 1.29 is 18.3 Å². The Bertz CT molecular complexity index is 1060. The molecular formula is C20H17F2N5O2S. The maximum Gasteiger partial charge on any atom is 0.274 e. The van der Waals surface area contributed by atoms with Crippen LogP contribution in [0, 0.1) is 23.1 Å². The first kappa shape index (κ1) is 20.3. The first-order chi connectivity index (χ1) is 14.4. The smallest absolute Gasteiger partial charge is 0.274 e. The van der Waals surface area contributed by atoms with Crippen molar-refractivity contribution in [3.8, 4) is 6.07 Å². The number of benzene rings is 1. The molecule has 10 heteroatoms. The number of amidine groups is 1. The van der Waals surface area contributed by atoms with E-state index in [1.807, 2.05) is 6.07 Å². The predicted octanol–water partition coefficient (Wildman–Crippen LogP) is 2.59. The van der Waals surface area contributed by atoms with Crippen LogP contribution in [0.25, 0.3) is 0 Å². The van der Waals surface area contributed by atoms with Gasteiger partial charge in [0.1, 0.15) is 29.3 Å². The van der Waals surface area contributed by atoms with Gasteiger partial charge in [0, 0.05) is 29.1 Å². The standard InChI is InChI=1S/C20H17F2N5O2S/c21-15-3-2-12(26-18(28)17-4-1-11(6-23)7-25-17)5-13(15)20-10-29-8-16(22)14(20)9-30-19(24)27-20/h1-5,7,14,16H,8-10H2,(H2,24,27)(H,26,28)/t14-,16?,20?/m1/s1. The number of pyridine rings is 1. The van der Waals surface area contributed by atoms with Gasteiger partial charge in [0.2, 0.25) is 0 Å². The second-order valence-corrected chi connectivity index (χ2v) is 8.06. The number of carbonyl (C=O) groups excluding carboxylic acids is 1. The molecule has 2 aliphatic rings. The molecule has 0 saturated carbocycles. The second kappa shape index (κ2) is 8.01. The Hall–Kier alpha value is -3.03. The second-order valence-electron chi connectivity index (χ2n) is 7.02. The lowest BCUT2D eigenvalue weighted by Crippen LogP contribution is -2.53. The van der Waals surface area contributed by atoms with Gasteiger partial charge in [0.25, 0.3) is 5.91 Å². The highest BCUT2D eigenvalue weighted by Gasteiger charge is 2.51. The maximum absolute atomic E-state index is 14.9. The third-order valence-corrected chi connectivity index (χ3v) is 6.10. The number of nitrogens with two attached hydrogens (primary N) is 1. The zero-order valence-electron chi connectivity index (χ0n) is 15.6. The SMILES string of the molecule is N#Cc1ccc(C(=O)Nc2ccc(F)c(C34COCC(F)[C@H]3CSC(N)=N4)c2)nc1. The molecule has 4 rings (SSSR count). The zero-order chi connectivity index (χ0) is 21.3. The van der Waals surface area contributed by atoms with E-state index in [0.29, 0.717) is 17.0 Å². The van der Waals surface area contributed by atoms with Gasteiger partial charge in [-0.2, -0.15) is 5.26 Å². The van der Waals surface area contributed by atoms with Crippen LogP contribution in [-0.4, -0.2) is 41.2 Å². The van der Waals surface area contributed by atoms with Gasteiger partial charge in [-0.05, 0) is 30.3 Å². The van der Waals surface area contributed by atoms with E-state index in [-0.39, 0.29) is 29.6 Å². The highest BCUT2D eigenvalue weighted by Crippen LogP contribution is 2.46. The molecule has 1 aromatic carbocycles. The number of carbonyl (C=O) groups is 1. The first-order valence-corrected chi connectivity index (χ1v) is 10.1. The lowest BCUT2D eigenvalue weighted by atomic mass is 9.75. The van der Waals surface area contributed by atoms with Crippen molar-refractivity contribution >= 4 is 28.5 Å². The van der Waals surface area contributed by atoms with Crippen molar-refractivity contribution in [2.75, 3.05) is 24.3 Å². The monoisotopic (exact) mass is 429 g/mol. The molecule has 0 aliphatic carbocycles. The number of nitrogens with one attached hydrogen (secondary N) is 1. The van der Waals surface area contributed by atoms with Crippen molar-refractivity contribution in [2.45, 2.75) is 11.7 Å². The lowest BCUT2D eigenvalue weighted by molar-refractivity contribution is -0.0526. The molecule has 2 aliphatic heterocycles. The first-order valence-electron chi connectivity index (χ1n) is 9.10. The molecule has 0 spiro atoms. The van der Waals surface area contributed by atoms with Gasteiger partial charge in [-0.3, -0.25) is 4.79 Å². The number of nitriles is 1. The summed E-state index contributed by atoms with van der Waals surface area (Å²) in [4.78, 5) is 20.8. The molecular weight excluding hydrogens is 412 g/mol. The summed E-state index contributed by atoms with van der Waals surface area (Å²) >= 11 is 1.23. The van der Waals surface area contributed by atoms with Crippen LogP contribution in [0.2, 0.25) is 0 Å². The number of aromatic nitrogens is 1. The van der Waals surface area contributed by atoms with Crippen LogP contribution in [0.5, 0.6) is 0 Å². The summed E-state index contributed by atoms with van der Waals surface area (Å²) in [7, 11) is 0. The number of amides is 1. The molecule has 1 amide bonds. The van der Waals surface area contributed by atoms with E-state index < -0.39 is 29.4 Å². The molecule has 7 nitrogen and oxygen atoms in total. The van der Waals surface area contributed by atoms with Gasteiger partial charge in [-0.25, -0.2) is 18.8 Å². The lowest BCUT2D eigenvalue weighted by Gasteiger charge is -2.45. The number of ether oxygens (including phenoxy) is 1. The summed E-state index contributed by atoms with van der Waals surface area (Å²) in [6.07, 6.45) is -0.0319. The fourth-order valence-electron chi connectivity index (χ4n) is 3.67. The third kappa shape index (κ3) is 3.62. The van der Waals surface area contributed by atoms with E-state index in [1.165, 1.54) is 48.3 Å². The summed E-state index contributed by atoms with van der Waals surface area (Å²) in [6.45, 7) is -0.0876. The highest BCUT2D eigenvalue weighted by atomic mass is 32.2. The number of nitrogens with zero attached hydrogens (tertiary/aromatic N) is 3. The van der Waals surface area contributed by atoms with Gasteiger partial charge in [-0.15, -0.1) is 0 Å². The van der Waals surface area contributed by atoms with Crippen LogP contribution in [0.4, 0.5) is 14.5 Å². The molecule has 30 heavy (non-hydrogen) atoms. The van der Waals surface area contributed by atoms with Crippen LogP contribution >= 0.6 is 11.8 Å². The maximum atomic E-state index is 14.9. The van der Waals surface area contributed by atoms with Crippen LogP contribution in [0.15, 0.2) is 41.5 Å². The van der Waals surface area contributed by atoms with Crippen molar-refractivity contribution in [3.05, 3.63) is 59.2 Å². The van der Waals surface area contributed by atoms with E-state index in [2.05, 4.69) is 15.3 Å².